The van der Waals surface area contributed by atoms with Crippen LogP contribution in [0.3, 0.4) is 0 Å². The summed E-state index contributed by atoms with van der Waals surface area (Å²) in [5, 5.41) is 3.50. The molecule has 0 aliphatic heterocycles. The molecule has 2 heterocycles. The summed E-state index contributed by atoms with van der Waals surface area (Å²) in [5.74, 6) is 0.487. The highest BCUT2D eigenvalue weighted by atomic mass is 35.5. The first kappa shape index (κ1) is 12.7. The molecule has 1 aromatic carbocycles. The van der Waals surface area contributed by atoms with Gasteiger partial charge in [-0.2, -0.15) is 4.98 Å². The van der Waals surface area contributed by atoms with Gasteiger partial charge in [-0.05, 0) is 17.7 Å². The van der Waals surface area contributed by atoms with Crippen LogP contribution in [0.2, 0.25) is 5.02 Å². The molecule has 0 radical (unpaired) electrons. The van der Waals surface area contributed by atoms with Crippen molar-refractivity contribution in [1.82, 2.24) is 9.38 Å². The van der Waals surface area contributed by atoms with Gasteiger partial charge in [0.1, 0.15) is 0 Å². The number of hydrogen-bond acceptors (Lipinski definition) is 3. The van der Waals surface area contributed by atoms with E-state index >= 15 is 0 Å². The molecule has 0 aliphatic rings. The lowest BCUT2D eigenvalue weighted by Gasteiger charge is -2.11. The monoisotopic (exact) mass is 285 g/mol. The number of pyridine rings is 1. The Hall–Kier alpha value is -2.33. The van der Waals surface area contributed by atoms with Crippen molar-refractivity contribution in [3.05, 3.63) is 64.0 Å². The molecule has 0 fully saturated rings. The average molecular weight is 286 g/mol. The smallest absolute Gasteiger partial charge is 0.282 e. The highest BCUT2D eigenvalue weighted by molar-refractivity contribution is 6.31. The number of halogens is 1. The number of nitrogens with one attached hydrogen (secondary N) is 1. The van der Waals surface area contributed by atoms with Crippen LogP contribution in [-0.2, 0) is 0 Å². The number of aromatic nitrogens is 2. The van der Waals surface area contributed by atoms with Crippen LogP contribution >= 0.6 is 11.6 Å². The van der Waals surface area contributed by atoms with Crippen molar-refractivity contribution in [2.75, 3.05) is 12.4 Å². The van der Waals surface area contributed by atoms with E-state index in [-0.39, 0.29) is 5.56 Å². The zero-order valence-corrected chi connectivity index (χ0v) is 11.6. The Balaban J connectivity index is 2.46. The Kier molecular flexibility index (Phi) is 3.16. The number of hydrogen-bond donors (Lipinski definition) is 1. The van der Waals surface area contributed by atoms with E-state index in [0.29, 0.717) is 16.5 Å². The molecule has 5 heteroatoms. The summed E-state index contributed by atoms with van der Waals surface area (Å²) in [5.41, 5.74) is 1.83. The van der Waals surface area contributed by atoms with E-state index in [9.17, 15) is 4.79 Å². The molecule has 0 spiro atoms. The normalized spacial score (nSPS) is 10.7. The fraction of sp³-hybridized carbons (Fsp3) is 0.0667. The molecule has 0 saturated carbocycles. The third kappa shape index (κ3) is 2.04. The minimum Gasteiger partial charge on any atom is -0.358 e. The second-order valence-corrected chi connectivity index (χ2v) is 4.77. The summed E-state index contributed by atoms with van der Waals surface area (Å²) < 4.78 is 1.82. The van der Waals surface area contributed by atoms with Gasteiger partial charge < -0.3 is 5.32 Å². The maximum absolute atomic E-state index is 12.3. The lowest BCUT2D eigenvalue weighted by molar-refractivity contribution is 1.05. The lowest BCUT2D eigenvalue weighted by Crippen LogP contribution is -2.16. The molecule has 0 aliphatic carbocycles. The molecule has 3 rings (SSSR count). The second-order valence-electron chi connectivity index (χ2n) is 4.33. The van der Waals surface area contributed by atoms with Crippen LogP contribution in [0.25, 0.3) is 16.6 Å². The Morgan fingerprint density at radius 3 is 2.65 bits per heavy atom. The predicted molar refractivity (Wildman–Crippen MR) is 81.5 cm³/mol. The fourth-order valence-electron chi connectivity index (χ4n) is 2.22. The number of anilines is 1. The lowest BCUT2D eigenvalue weighted by atomic mass is 10.1. The van der Waals surface area contributed by atoms with Gasteiger partial charge in [-0.3, -0.25) is 9.20 Å². The zero-order chi connectivity index (χ0) is 14.1. The molecule has 0 bridgehead atoms. The first-order valence-corrected chi connectivity index (χ1v) is 6.53. The Labute approximate surface area is 120 Å². The quantitative estimate of drug-likeness (QED) is 0.787. The van der Waals surface area contributed by atoms with Crippen LogP contribution in [0.1, 0.15) is 0 Å². The highest BCUT2D eigenvalue weighted by Gasteiger charge is 2.12. The predicted octanol–water partition coefficient (Wildman–Crippen LogP) is 3.06. The van der Waals surface area contributed by atoms with Gasteiger partial charge in [0.2, 0.25) is 5.95 Å². The minimum absolute atomic E-state index is 0.275. The Morgan fingerprint density at radius 2 is 1.95 bits per heavy atom. The molecule has 0 amide bonds. The van der Waals surface area contributed by atoms with E-state index in [1.807, 2.05) is 34.7 Å². The molecule has 3 aromatic rings. The van der Waals surface area contributed by atoms with E-state index < -0.39 is 0 Å². The summed E-state index contributed by atoms with van der Waals surface area (Å²) in [4.78, 5) is 16.4. The fourth-order valence-corrected chi connectivity index (χ4v) is 2.38. The van der Waals surface area contributed by atoms with Gasteiger partial charge in [0.15, 0.2) is 0 Å². The Morgan fingerprint density at radius 1 is 1.20 bits per heavy atom. The summed E-state index contributed by atoms with van der Waals surface area (Å²) in [6, 6.07) is 13.0. The molecular formula is C15H12ClN3O. The van der Waals surface area contributed by atoms with Crippen LogP contribution < -0.4 is 10.9 Å². The van der Waals surface area contributed by atoms with Gasteiger partial charge in [-0.15, -0.1) is 0 Å². The average Bonchev–Trinajstić information content (AvgIpc) is 2.47. The second kappa shape index (κ2) is 4.98. The van der Waals surface area contributed by atoms with E-state index in [1.54, 1.807) is 25.4 Å². The van der Waals surface area contributed by atoms with E-state index in [4.69, 9.17) is 11.6 Å². The number of rotatable bonds is 2. The van der Waals surface area contributed by atoms with E-state index in [0.717, 1.165) is 11.1 Å². The summed E-state index contributed by atoms with van der Waals surface area (Å²) >= 11 is 6.07. The summed E-state index contributed by atoms with van der Waals surface area (Å²) in [6.45, 7) is 0. The standard InChI is InChI=1S/C15H12ClN3O/c1-17-15-18-14(20)13(10-5-3-2-4-6-10)12-9-11(16)7-8-19(12)15/h2-9H,1H3,(H,17,18,20). The summed E-state index contributed by atoms with van der Waals surface area (Å²) in [7, 11) is 1.73. The summed E-state index contributed by atoms with van der Waals surface area (Å²) in [6.07, 6.45) is 1.79. The molecule has 2 aromatic heterocycles. The van der Waals surface area contributed by atoms with Gasteiger partial charge in [0.05, 0.1) is 11.1 Å². The van der Waals surface area contributed by atoms with Crippen LogP contribution in [0.5, 0.6) is 0 Å². The molecule has 100 valence electrons. The first-order valence-electron chi connectivity index (χ1n) is 6.16. The number of benzene rings is 1. The maximum atomic E-state index is 12.3. The molecule has 20 heavy (non-hydrogen) atoms. The topological polar surface area (TPSA) is 46.4 Å². The van der Waals surface area contributed by atoms with Crippen LogP contribution in [0, 0.1) is 0 Å². The molecule has 0 atom stereocenters. The third-order valence-corrected chi connectivity index (χ3v) is 3.34. The zero-order valence-electron chi connectivity index (χ0n) is 10.8. The van der Waals surface area contributed by atoms with Crippen molar-refractivity contribution in [1.29, 1.82) is 0 Å². The van der Waals surface area contributed by atoms with Crippen molar-refractivity contribution >= 4 is 23.1 Å². The van der Waals surface area contributed by atoms with Crippen molar-refractivity contribution in [3.63, 3.8) is 0 Å². The van der Waals surface area contributed by atoms with Gasteiger partial charge in [-0.25, -0.2) is 0 Å². The SMILES string of the molecule is CNc1nc(=O)c(-c2ccccc2)c2cc(Cl)ccn12. The van der Waals surface area contributed by atoms with E-state index in [2.05, 4.69) is 10.3 Å². The largest absolute Gasteiger partial charge is 0.358 e. The third-order valence-electron chi connectivity index (χ3n) is 3.11. The van der Waals surface area contributed by atoms with Gasteiger partial charge in [0.25, 0.3) is 5.56 Å². The van der Waals surface area contributed by atoms with Crippen LogP contribution in [-0.4, -0.2) is 16.4 Å². The highest BCUT2D eigenvalue weighted by Crippen LogP contribution is 2.24. The van der Waals surface area contributed by atoms with Crippen molar-refractivity contribution in [3.8, 4) is 11.1 Å². The van der Waals surface area contributed by atoms with Crippen LogP contribution in [0.15, 0.2) is 53.5 Å². The van der Waals surface area contributed by atoms with Gasteiger partial charge in [0, 0.05) is 18.3 Å². The van der Waals surface area contributed by atoms with Crippen molar-refractivity contribution < 1.29 is 0 Å². The molecule has 0 unspecified atom stereocenters. The van der Waals surface area contributed by atoms with Gasteiger partial charge >= 0.3 is 0 Å². The van der Waals surface area contributed by atoms with Crippen molar-refractivity contribution in [2.24, 2.45) is 0 Å². The minimum atomic E-state index is -0.275. The first-order chi connectivity index (χ1) is 9.70. The Bertz CT molecular complexity index is 828. The maximum Gasteiger partial charge on any atom is 0.282 e. The number of nitrogens with zero attached hydrogens (tertiary/aromatic N) is 2. The molecule has 0 saturated heterocycles. The van der Waals surface area contributed by atoms with Crippen molar-refractivity contribution in [2.45, 2.75) is 0 Å². The van der Waals surface area contributed by atoms with Crippen LogP contribution in [0.4, 0.5) is 5.95 Å². The number of fused-ring (bicyclic) bond motifs is 1. The van der Waals surface area contributed by atoms with E-state index in [1.165, 1.54) is 0 Å². The molecule has 1 N–H and O–H groups in total. The molecular weight excluding hydrogens is 274 g/mol. The molecule has 4 nitrogen and oxygen atoms in total. The van der Waals surface area contributed by atoms with Gasteiger partial charge in [-0.1, -0.05) is 41.9 Å².